The number of thioether (sulfide) groups is 1. The van der Waals surface area contributed by atoms with Crippen molar-refractivity contribution in [2.24, 2.45) is 0 Å². The summed E-state index contributed by atoms with van der Waals surface area (Å²) in [5.41, 5.74) is -0.333. The Labute approximate surface area is 153 Å². The number of carbonyl (C=O) groups is 1. The molecule has 1 N–H and O–H groups in total. The molecule has 2 aromatic heterocycles. The van der Waals surface area contributed by atoms with E-state index in [1.165, 1.54) is 17.4 Å². The lowest BCUT2D eigenvalue weighted by Crippen LogP contribution is -2.20. The van der Waals surface area contributed by atoms with E-state index in [-0.39, 0.29) is 5.56 Å². The number of fused-ring (bicyclic) bond motifs is 1. The Kier molecular flexibility index (Phi) is 5.32. The van der Waals surface area contributed by atoms with Gasteiger partial charge >= 0.3 is 5.63 Å². The van der Waals surface area contributed by atoms with Gasteiger partial charge in [0.15, 0.2) is 4.34 Å². The molecule has 6 nitrogen and oxygen atoms in total. The minimum Gasteiger partial charge on any atom is -0.422 e. The summed E-state index contributed by atoms with van der Waals surface area (Å²) in [6.07, 6.45) is 1.03. The van der Waals surface area contributed by atoms with Crippen molar-refractivity contribution in [2.45, 2.75) is 17.7 Å². The predicted octanol–water partition coefficient (Wildman–Crippen LogP) is 4.16. The zero-order valence-corrected chi connectivity index (χ0v) is 15.8. The van der Waals surface area contributed by atoms with Crippen LogP contribution in [0.25, 0.3) is 11.0 Å². The first-order chi connectivity index (χ1) is 11.6. The summed E-state index contributed by atoms with van der Waals surface area (Å²) < 4.78 is 6.80. The summed E-state index contributed by atoms with van der Waals surface area (Å²) in [6.45, 7) is 2.08. The van der Waals surface area contributed by atoms with Gasteiger partial charge in [-0.05, 0) is 30.7 Å². The Morgan fingerprint density at radius 2 is 2.21 bits per heavy atom. The van der Waals surface area contributed by atoms with Gasteiger partial charge in [0, 0.05) is 15.6 Å². The molecule has 0 aliphatic heterocycles. The van der Waals surface area contributed by atoms with Crippen molar-refractivity contribution in [1.29, 1.82) is 0 Å². The highest BCUT2D eigenvalue weighted by atomic mass is 79.9. The van der Waals surface area contributed by atoms with Crippen LogP contribution in [0.5, 0.6) is 0 Å². The normalized spacial score (nSPS) is 10.9. The number of amides is 1. The SMILES string of the molecule is CCCSc1nnc(NC(=O)c2cc3cc(Br)ccc3oc2=O)s1. The minimum absolute atomic E-state index is 0.0708. The molecule has 0 unspecified atom stereocenters. The molecule has 3 rings (SSSR count). The number of rotatable bonds is 5. The summed E-state index contributed by atoms with van der Waals surface area (Å²) in [5, 5.41) is 11.5. The van der Waals surface area contributed by atoms with Gasteiger partial charge in [0.1, 0.15) is 11.1 Å². The van der Waals surface area contributed by atoms with Gasteiger partial charge in [0.25, 0.3) is 5.91 Å². The van der Waals surface area contributed by atoms with E-state index in [1.54, 1.807) is 30.0 Å². The smallest absolute Gasteiger partial charge is 0.349 e. The molecule has 24 heavy (non-hydrogen) atoms. The maximum absolute atomic E-state index is 12.3. The summed E-state index contributed by atoms with van der Waals surface area (Å²) in [7, 11) is 0. The van der Waals surface area contributed by atoms with Crippen LogP contribution in [0.3, 0.4) is 0 Å². The molecule has 0 saturated carbocycles. The number of hydrogen-bond acceptors (Lipinski definition) is 7. The second-order valence-electron chi connectivity index (χ2n) is 4.81. The van der Waals surface area contributed by atoms with E-state index in [9.17, 15) is 9.59 Å². The third-order valence-corrected chi connectivity index (χ3v) is 5.67. The Morgan fingerprint density at radius 3 is 3.00 bits per heavy atom. The molecular formula is C15H12BrN3O3S2. The highest BCUT2D eigenvalue weighted by Gasteiger charge is 2.16. The van der Waals surface area contributed by atoms with E-state index in [0.717, 1.165) is 21.0 Å². The van der Waals surface area contributed by atoms with Crippen LogP contribution in [-0.2, 0) is 0 Å². The molecule has 0 aliphatic rings. The zero-order valence-electron chi connectivity index (χ0n) is 12.5. The van der Waals surface area contributed by atoms with Crippen LogP contribution in [0.1, 0.15) is 23.7 Å². The molecule has 124 valence electrons. The van der Waals surface area contributed by atoms with Crippen molar-refractivity contribution in [1.82, 2.24) is 10.2 Å². The summed E-state index contributed by atoms with van der Waals surface area (Å²) in [4.78, 5) is 24.4. The summed E-state index contributed by atoms with van der Waals surface area (Å²) >= 11 is 6.21. The number of anilines is 1. The lowest BCUT2D eigenvalue weighted by atomic mass is 10.2. The van der Waals surface area contributed by atoms with Crippen LogP contribution in [0.15, 0.2) is 42.3 Å². The number of carbonyl (C=O) groups excluding carboxylic acids is 1. The quantitative estimate of drug-likeness (QED) is 0.375. The van der Waals surface area contributed by atoms with Crippen LogP contribution in [0.2, 0.25) is 0 Å². The summed E-state index contributed by atoms with van der Waals surface area (Å²) in [6, 6.07) is 6.72. The fraction of sp³-hybridized carbons (Fsp3) is 0.200. The van der Waals surface area contributed by atoms with Gasteiger partial charge < -0.3 is 4.42 Å². The van der Waals surface area contributed by atoms with E-state index in [1.807, 2.05) is 0 Å². The van der Waals surface area contributed by atoms with Gasteiger partial charge in [0.2, 0.25) is 5.13 Å². The van der Waals surface area contributed by atoms with E-state index >= 15 is 0 Å². The van der Waals surface area contributed by atoms with Gasteiger partial charge in [-0.2, -0.15) is 0 Å². The number of nitrogens with zero attached hydrogens (tertiary/aromatic N) is 2. The van der Waals surface area contributed by atoms with Crippen molar-refractivity contribution < 1.29 is 9.21 Å². The molecule has 3 aromatic rings. The lowest BCUT2D eigenvalue weighted by molar-refractivity contribution is 0.102. The summed E-state index contributed by atoms with van der Waals surface area (Å²) in [5.74, 6) is 0.375. The lowest BCUT2D eigenvalue weighted by Gasteiger charge is -2.02. The first-order valence-electron chi connectivity index (χ1n) is 7.08. The molecule has 0 fully saturated rings. The van der Waals surface area contributed by atoms with Gasteiger partial charge in [-0.3, -0.25) is 10.1 Å². The average molecular weight is 426 g/mol. The molecular weight excluding hydrogens is 414 g/mol. The van der Waals surface area contributed by atoms with Crippen LogP contribution in [0, 0.1) is 0 Å². The molecule has 0 saturated heterocycles. The van der Waals surface area contributed by atoms with E-state index in [2.05, 4.69) is 38.4 Å². The molecule has 2 heterocycles. The molecule has 0 aliphatic carbocycles. The molecule has 1 amide bonds. The van der Waals surface area contributed by atoms with Crippen molar-refractivity contribution in [3.05, 3.63) is 44.7 Å². The number of halogens is 1. The standard InChI is InChI=1S/C15H12BrN3O3S2/c1-2-5-23-15-19-18-14(24-15)17-12(20)10-7-8-6-9(16)3-4-11(8)22-13(10)21/h3-4,6-7H,2,5H2,1H3,(H,17,18,20). The molecule has 0 spiro atoms. The number of benzene rings is 1. The van der Waals surface area contributed by atoms with E-state index in [4.69, 9.17) is 4.42 Å². The highest BCUT2D eigenvalue weighted by molar-refractivity contribution is 9.10. The van der Waals surface area contributed by atoms with Crippen LogP contribution in [0.4, 0.5) is 5.13 Å². The Morgan fingerprint density at radius 1 is 1.38 bits per heavy atom. The Hall–Kier alpha value is -1.71. The zero-order chi connectivity index (χ0) is 17.1. The second kappa shape index (κ2) is 7.45. The molecule has 1 aromatic carbocycles. The van der Waals surface area contributed by atoms with E-state index < -0.39 is 11.5 Å². The topological polar surface area (TPSA) is 85.1 Å². The fourth-order valence-corrected chi connectivity index (χ4v) is 3.98. The number of nitrogens with one attached hydrogen (secondary N) is 1. The minimum atomic E-state index is -0.688. The van der Waals surface area contributed by atoms with E-state index in [0.29, 0.717) is 16.1 Å². The van der Waals surface area contributed by atoms with Gasteiger partial charge in [-0.15, -0.1) is 10.2 Å². The largest absolute Gasteiger partial charge is 0.422 e. The van der Waals surface area contributed by atoms with Crippen molar-refractivity contribution in [3.8, 4) is 0 Å². The maximum atomic E-state index is 12.3. The van der Waals surface area contributed by atoms with Gasteiger partial charge in [-0.25, -0.2) is 4.79 Å². The predicted molar refractivity (Wildman–Crippen MR) is 99.1 cm³/mol. The van der Waals surface area contributed by atoms with Crippen molar-refractivity contribution >= 4 is 61.0 Å². The average Bonchev–Trinajstić information content (AvgIpc) is 3.00. The molecule has 0 atom stereocenters. The maximum Gasteiger partial charge on any atom is 0.349 e. The first kappa shape index (κ1) is 17.1. The third kappa shape index (κ3) is 3.85. The first-order valence-corrected chi connectivity index (χ1v) is 9.67. The Balaban J connectivity index is 1.84. The molecule has 9 heteroatoms. The van der Waals surface area contributed by atoms with Crippen LogP contribution in [-0.4, -0.2) is 21.9 Å². The molecule has 0 radical (unpaired) electrons. The molecule has 0 bridgehead atoms. The fourth-order valence-electron chi connectivity index (χ4n) is 1.93. The van der Waals surface area contributed by atoms with Gasteiger partial charge in [-0.1, -0.05) is 46.0 Å². The number of hydrogen-bond donors (Lipinski definition) is 1. The van der Waals surface area contributed by atoms with Crippen LogP contribution < -0.4 is 10.9 Å². The van der Waals surface area contributed by atoms with Crippen molar-refractivity contribution in [3.63, 3.8) is 0 Å². The van der Waals surface area contributed by atoms with Crippen molar-refractivity contribution in [2.75, 3.05) is 11.1 Å². The number of aromatic nitrogens is 2. The second-order valence-corrected chi connectivity index (χ2v) is 8.04. The van der Waals surface area contributed by atoms with Crippen LogP contribution >= 0.6 is 39.0 Å². The Bertz CT molecular complexity index is 955. The monoisotopic (exact) mass is 425 g/mol. The third-order valence-electron chi connectivity index (χ3n) is 3.00. The highest BCUT2D eigenvalue weighted by Crippen LogP contribution is 2.26. The van der Waals surface area contributed by atoms with Gasteiger partial charge in [0.05, 0.1) is 0 Å².